The molecule has 2 heterocycles. The van der Waals surface area contributed by atoms with Crippen LogP contribution in [0.4, 0.5) is 10.5 Å². The number of benzene rings is 2. The van der Waals surface area contributed by atoms with Gasteiger partial charge in [-0.25, -0.2) is 14.8 Å². The van der Waals surface area contributed by atoms with Crippen molar-refractivity contribution in [2.24, 2.45) is 5.73 Å². The van der Waals surface area contributed by atoms with Gasteiger partial charge in [0.25, 0.3) is 5.91 Å². The number of ketones is 1. The summed E-state index contributed by atoms with van der Waals surface area (Å²) in [5.41, 5.74) is 8.73. The number of hydrogen-bond acceptors (Lipinski definition) is 8. The number of ether oxygens (including phenoxy) is 1. The Kier molecular flexibility index (Phi) is 10.7. The molecule has 1 aliphatic heterocycles. The molecule has 2 aromatic carbocycles. The number of nitrogens with zero attached hydrogens (tertiary/aromatic N) is 3. The molecule has 0 saturated carbocycles. The normalized spacial score (nSPS) is 13.4. The van der Waals surface area contributed by atoms with E-state index in [9.17, 15) is 14.4 Å². The lowest BCUT2D eigenvalue weighted by Gasteiger charge is -2.37. The highest BCUT2D eigenvalue weighted by Gasteiger charge is 2.28. The third kappa shape index (κ3) is 7.72. The minimum Gasteiger partial charge on any atom is -0.447 e. The fourth-order valence-electron chi connectivity index (χ4n) is 4.51. The summed E-state index contributed by atoms with van der Waals surface area (Å²) in [4.78, 5) is 41.9. The number of piperidine rings is 1. The fraction of sp³-hybridized carbons (Fsp3) is 0.333. The standard InChI is InChI=1S/C30H36N6O4/c31-15-16-33-29(38)26-14-13-24(21-34-26)28(37)22-32-17-20-40-30(39)36(35-18-7-2-8-19-35)27-12-6-5-11-25(27)23-9-3-1-4-10-23/h1,3-6,9-14,21,32H,2,7-8,15-20,22,31H2,(H,33,38). The average molecular weight is 545 g/mol. The van der Waals surface area contributed by atoms with Gasteiger partial charge in [0.05, 0.1) is 12.2 Å². The van der Waals surface area contributed by atoms with Crippen molar-refractivity contribution in [3.8, 4) is 11.1 Å². The molecule has 0 spiro atoms. The first-order valence-corrected chi connectivity index (χ1v) is 13.6. The third-order valence-corrected chi connectivity index (χ3v) is 6.54. The van der Waals surface area contributed by atoms with E-state index in [2.05, 4.69) is 20.6 Å². The molecule has 1 fully saturated rings. The lowest BCUT2D eigenvalue weighted by Crippen LogP contribution is -2.50. The van der Waals surface area contributed by atoms with Gasteiger partial charge >= 0.3 is 6.09 Å². The second kappa shape index (κ2) is 14.9. The van der Waals surface area contributed by atoms with Gasteiger partial charge in [0.15, 0.2) is 5.78 Å². The number of aromatic nitrogens is 1. The van der Waals surface area contributed by atoms with Gasteiger partial charge in [-0.3, -0.25) is 14.6 Å². The van der Waals surface area contributed by atoms with Crippen LogP contribution in [-0.4, -0.2) is 73.7 Å². The van der Waals surface area contributed by atoms with Crippen LogP contribution in [0.3, 0.4) is 0 Å². The van der Waals surface area contributed by atoms with Gasteiger partial charge in [-0.1, -0.05) is 55.0 Å². The van der Waals surface area contributed by atoms with Gasteiger partial charge in [0.1, 0.15) is 12.3 Å². The zero-order valence-corrected chi connectivity index (χ0v) is 22.6. The molecule has 3 aromatic rings. The highest BCUT2D eigenvalue weighted by atomic mass is 16.6. The molecule has 1 aromatic heterocycles. The number of rotatable bonds is 12. The van der Waals surface area contributed by atoms with E-state index in [0.717, 1.165) is 49.2 Å². The third-order valence-electron chi connectivity index (χ3n) is 6.54. The summed E-state index contributed by atoms with van der Waals surface area (Å²) in [5.74, 6) is -0.520. The van der Waals surface area contributed by atoms with Crippen LogP contribution in [0.15, 0.2) is 72.9 Å². The Labute approximate surface area is 234 Å². The Morgan fingerprint density at radius 3 is 2.40 bits per heavy atom. The maximum absolute atomic E-state index is 13.4. The number of anilines is 1. The summed E-state index contributed by atoms with van der Waals surface area (Å²) in [7, 11) is 0. The number of carbonyl (C=O) groups is 3. The lowest BCUT2D eigenvalue weighted by atomic mass is 10.0. The summed E-state index contributed by atoms with van der Waals surface area (Å²) < 4.78 is 5.67. The van der Waals surface area contributed by atoms with E-state index in [1.165, 1.54) is 12.3 Å². The minimum atomic E-state index is -0.453. The predicted molar refractivity (Wildman–Crippen MR) is 154 cm³/mol. The smallest absolute Gasteiger partial charge is 0.429 e. The van der Waals surface area contributed by atoms with Crippen molar-refractivity contribution in [1.82, 2.24) is 20.6 Å². The van der Waals surface area contributed by atoms with E-state index in [1.54, 1.807) is 11.1 Å². The van der Waals surface area contributed by atoms with E-state index < -0.39 is 6.09 Å². The van der Waals surface area contributed by atoms with E-state index >= 15 is 0 Å². The minimum absolute atomic E-state index is 0.0463. The molecule has 210 valence electrons. The topological polar surface area (TPSA) is 130 Å². The zero-order valence-electron chi connectivity index (χ0n) is 22.6. The van der Waals surface area contributed by atoms with Gasteiger partial charge in [-0.15, -0.1) is 0 Å². The number of hydrogen-bond donors (Lipinski definition) is 3. The van der Waals surface area contributed by atoms with Crippen molar-refractivity contribution < 1.29 is 19.1 Å². The summed E-state index contributed by atoms with van der Waals surface area (Å²) in [6.45, 7) is 2.68. The van der Waals surface area contributed by atoms with Gasteiger partial charge in [0, 0.05) is 50.0 Å². The van der Waals surface area contributed by atoms with Crippen LogP contribution in [0.25, 0.3) is 11.1 Å². The monoisotopic (exact) mass is 544 g/mol. The molecule has 0 radical (unpaired) electrons. The number of nitrogens with one attached hydrogen (secondary N) is 2. The Balaban J connectivity index is 1.33. The largest absolute Gasteiger partial charge is 0.447 e. The van der Waals surface area contributed by atoms with Crippen LogP contribution in [0, 0.1) is 0 Å². The first-order chi connectivity index (χ1) is 19.6. The molecule has 1 saturated heterocycles. The molecule has 10 nitrogen and oxygen atoms in total. The molecule has 10 heteroatoms. The van der Waals surface area contributed by atoms with Crippen LogP contribution < -0.4 is 21.4 Å². The molecule has 0 aliphatic carbocycles. The second-order valence-corrected chi connectivity index (χ2v) is 9.40. The van der Waals surface area contributed by atoms with Crippen LogP contribution in [0.5, 0.6) is 0 Å². The van der Waals surface area contributed by atoms with Crippen molar-refractivity contribution >= 4 is 23.5 Å². The van der Waals surface area contributed by atoms with Crippen molar-refractivity contribution in [2.75, 3.05) is 50.9 Å². The molecule has 0 unspecified atom stereocenters. The van der Waals surface area contributed by atoms with Gasteiger partial charge in [-0.2, -0.15) is 0 Å². The quantitative estimate of drug-likeness (QED) is 0.234. The second-order valence-electron chi connectivity index (χ2n) is 9.40. The number of amides is 2. The molecule has 2 amide bonds. The predicted octanol–water partition coefficient (Wildman–Crippen LogP) is 3.25. The first-order valence-electron chi connectivity index (χ1n) is 13.6. The Bertz CT molecular complexity index is 1260. The SMILES string of the molecule is NCCNC(=O)c1ccc(C(=O)CNCCOC(=O)N(c2ccccc2-c2ccccc2)N2CCCCC2)cn1. The number of Topliss-reactive ketones (excluding diaryl/α,β-unsaturated/α-hetero) is 1. The first kappa shape index (κ1) is 28.9. The Morgan fingerprint density at radius 1 is 0.925 bits per heavy atom. The van der Waals surface area contributed by atoms with E-state index in [0.29, 0.717) is 25.2 Å². The van der Waals surface area contributed by atoms with E-state index in [1.807, 2.05) is 54.6 Å². The van der Waals surface area contributed by atoms with Crippen molar-refractivity contribution in [3.63, 3.8) is 0 Å². The Hall–Kier alpha value is -4.12. The van der Waals surface area contributed by atoms with Crippen LogP contribution >= 0.6 is 0 Å². The van der Waals surface area contributed by atoms with Crippen LogP contribution in [0.1, 0.15) is 40.1 Å². The van der Waals surface area contributed by atoms with Crippen molar-refractivity contribution in [3.05, 3.63) is 84.2 Å². The van der Waals surface area contributed by atoms with Crippen molar-refractivity contribution in [2.45, 2.75) is 19.3 Å². The molecule has 40 heavy (non-hydrogen) atoms. The molecule has 4 N–H and O–H groups in total. The molecule has 0 atom stereocenters. The summed E-state index contributed by atoms with van der Waals surface area (Å²) in [6.07, 6.45) is 4.08. The summed E-state index contributed by atoms with van der Waals surface area (Å²) in [6, 6.07) is 20.9. The highest BCUT2D eigenvalue weighted by molar-refractivity contribution is 5.98. The van der Waals surface area contributed by atoms with E-state index in [-0.39, 0.29) is 30.5 Å². The lowest BCUT2D eigenvalue weighted by molar-refractivity contribution is 0.0945. The number of nitrogens with two attached hydrogens (primary N) is 1. The molecule has 1 aliphatic rings. The molecular formula is C30H36N6O4. The molecule has 4 rings (SSSR count). The van der Waals surface area contributed by atoms with E-state index in [4.69, 9.17) is 10.5 Å². The number of pyridine rings is 1. The average Bonchev–Trinajstić information content (AvgIpc) is 3.01. The van der Waals surface area contributed by atoms with Crippen LogP contribution in [-0.2, 0) is 4.74 Å². The van der Waals surface area contributed by atoms with Gasteiger partial charge < -0.3 is 21.1 Å². The molecule has 0 bridgehead atoms. The van der Waals surface area contributed by atoms with Gasteiger partial charge in [0.2, 0.25) is 0 Å². The number of hydrazine groups is 1. The number of para-hydroxylation sites is 1. The van der Waals surface area contributed by atoms with Crippen LogP contribution in [0.2, 0.25) is 0 Å². The highest BCUT2D eigenvalue weighted by Crippen LogP contribution is 2.33. The van der Waals surface area contributed by atoms with Gasteiger partial charge in [-0.05, 0) is 36.6 Å². The van der Waals surface area contributed by atoms with Crippen molar-refractivity contribution in [1.29, 1.82) is 0 Å². The Morgan fingerprint density at radius 2 is 1.68 bits per heavy atom. The maximum atomic E-state index is 13.4. The maximum Gasteiger partial charge on any atom is 0.429 e. The fourth-order valence-corrected chi connectivity index (χ4v) is 4.51. The summed E-state index contributed by atoms with van der Waals surface area (Å²) >= 11 is 0. The zero-order chi connectivity index (χ0) is 28.2. The summed E-state index contributed by atoms with van der Waals surface area (Å²) in [5, 5.41) is 9.36. The number of carbonyl (C=O) groups excluding carboxylic acids is 3. The molecular weight excluding hydrogens is 508 g/mol.